The minimum absolute atomic E-state index is 0.323. The Kier molecular flexibility index (Phi) is 4.60. The highest BCUT2D eigenvalue weighted by Gasteiger charge is 2.30. The van der Waals surface area contributed by atoms with Crippen LogP contribution in [0.5, 0.6) is 0 Å². The summed E-state index contributed by atoms with van der Waals surface area (Å²) in [6.45, 7) is 3.59. The average Bonchev–Trinajstić information content (AvgIpc) is 2.75. The summed E-state index contributed by atoms with van der Waals surface area (Å²) < 4.78 is 14.5. The van der Waals surface area contributed by atoms with Gasteiger partial charge in [0.2, 0.25) is 11.7 Å². The van der Waals surface area contributed by atoms with Crippen molar-refractivity contribution < 1.29 is 14.0 Å². The number of nitrogens with zero attached hydrogens (tertiary/aromatic N) is 2. The molecule has 0 saturated carbocycles. The topological polar surface area (TPSA) is 74.9 Å². The van der Waals surface area contributed by atoms with E-state index in [1.807, 2.05) is 13.0 Å². The molecule has 0 aliphatic heterocycles. The number of hydrogen-bond donors (Lipinski definition) is 1. The number of nitrogens with one attached hydrogen (secondary N) is 1. The lowest BCUT2D eigenvalue weighted by Crippen LogP contribution is -2.30. The van der Waals surface area contributed by atoms with E-state index in [4.69, 9.17) is 0 Å². The standard InChI is InChI=1S/C17H16FN3O2/c1-10-8-11(2)21(3)15(10)16(22)14(9-19)17(23)20-13-6-4-12(18)5-7-13/h4-8,14H,1-3H3,(H,20,23). The number of amides is 1. The van der Waals surface area contributed by atoms with E-state index in [1.165, 1.54) is 24.3 Å². The molecule has 2 aromatic rings. The number of rotatable bonds is 4. The summed E-state index contributed by atoms with van der Waals surface area (Å²) in [5.41, 5.74) is 2.24. The van der Waals surface area contributed by atoms with Crippen LogP contribution in [0.25, 0.3) is 0 Å². The van der Waals surface area contributed by atoms with Gasteiger partial charge in [-0.3, -0.25) is 9.59 Å². The van der Waals surface area contributed by atoms with Crippen molar-refractivity contribution >= 4 is 17.4 Å². The first kappa shape index (κ1) is 16.4. The molecule has 118 valence electrons. The van der Waals surface area contributed by atoms with Gasteiger partial charge in [-0.15, -0.1) is 0 Å². The van der Waals surface area contributed by atoms with Crippen LogP contribution in [-0.2, 0) is 11.8 Å². The van der Waals surface area contributed by atoms with Gasteiger partial charge in [0, 0.05) is 18.4 Å². The van der Waals surface area contributed by atoms with E-state index in [9.17, 15) is 19.2 Å². The molecule has 0 aliphatic carbocycles. The zero-order chi connectivity index (χ0) is 17.1. The Morgan fingerprint density at radius 3 is 2.35 bits per heavy atom. The minimum Gasteiger partial charge on any atom is -0.345 e. The largest absolute Gasteiger partial charge is 0.345 e. The highest BCUT2D eigenvalue weighted by atomic mass is 19.1. The van der Waals surface area contributed by atoms with E-state index < -0.39 is 23.4 Å². The lowest BCUT2D eigenvalue weighted by molar-refractivity contribution is -0.117. The van der Waals surface area contributed by atoms with Crippen molar-refractivity contribution in [2.24, 2.45) is 13.0 Å². The molecule has 23 heavy (non-hydrogen) atoms. The first-order valence-electron chi connectivity index (χ1n) is 6.98. The smallest absolute Gasteiger partial charge is 0.249 e. The average molecular weight is 313 g/mol. The van der Waals surface area contributed by atoms with E-state index in [-0.39, 0.29) is 0 Å². The number of nitriles is 1. The van der Waals surface area contributed by atoms with Crippen molar-refractivity contribution in [1.29, 1.82) is 5.26 Å². The molecule has 0 saturated heterocycles. The Bertz CT molecular complexity index is 800. The Morgan fingerprint density at radius 1 is 1.26 bits per heavy atom. The lowest BCUT2D eigenvalue weighted by Gasteiger charge is -2.11. The van der Waals surface area contributed by atoms with Crippen molar-refractivity contribution in [3.05, 3.63) is 53.1 Å². The predicted molar refractivity (Wildman–Crippen MR) is 83.4 cm³/mol. The summed E-state index contributed by atoms with van der Waals surface area (Å²) in [7, 11) is 1.71. The van der Waals surface area contributed by atoms with Crippen LogP contribution in [0.2, 0.25) is 0 Å². The van der Waals surface area contributed by atoms with Crippen LogP contribution in [0.15, 0.2) is 30.3 Å². The summed E-state index contributed by atoms with van der Waals surface area (Å²) in [6, 6.07) is 8.66. The van der Waals surface area contributed by atoms with Crippen LogP contribution in [0.3, 0.4) is 0 Å². The lowest BCUT2D eigenvalue weighted by atomic mass is 10.00. The van der Waals surface area contributed by atoms with Crippen LogP contribution in [0.4, 0.5) is 10.1 Å². The number of Topliss-reactive ketones (excluding diaryl/α,β-unsaturated/α-hetero) is 1. The summed E-state index contributed by atoms with van der Waals surface area (Å²) >= 11 is 0. The molecule has 0 spiro atoms. The van der Waals surface area contributed by atoms with E-state index in [0.717, 1.165) is 5.69 Å². The molecule has 0 radical (unpaired) electrons. The van der Waals surface area contributed by atoms with Gasteiger partial charge in [-0.05, 0) is 49.7 Å². The van der Waals surface area contributed by atoms with Gasteiger partial charge in [0.25, 0.3) is 0 Å². The molecular formula is C17H16FN3O2. The van der Waals surface area contributed by atoms with Gasteiger partial charge >= 0.3 is 0 Å². The second-order valence-electron chi connectivity index (χ2n) is 5.30. The fourth-order valence-corrected chi connectivity index (χ4v) is 2.40. The number of aryl methyl sites for hydroxylation is 2. The summed E-state index contributed by atoms with van der Waals surface area (Å²) in [6.07, 6.45) is 0. The molecule has 5 nitrogen and oxygen atoms in total. The number of anilines is 1. The highest BCUT2D eigenvalue weighted by Crippen LogP contribution is 2.19. The minimum atomic E-state index is -1.47. The Balaban J connectivity index is 2.25. The van der Waals surface area contributed by atoms with Crippen molar-refractivity contribution in [1.82, 2.24) is 4.57 Å². The molecule has 2 rings (SSSR count). The summed E-state index contributed by atoms with van der Waals surface area (Å²) in [4.78, 5) is 24.8. The van der Waals surface area contributed by atoms with Gasteiger partial charge in [0.15, 0.2) is 5.92 Å². The number of carbonyl (C=O) groups excluding carboxylic acids is 2. The maximum absolute atomic E-state index is 12.9. The summed E-state index contributed by atoms with van der Waals surface area (Å²) in [5, 5.41) is 11.7. The van der Waals surface area contributed by atoms with Gasteiger partial charge < -0.3 is 9.88 Å². The van der Waals surface area contributed by atoms with Crippen LogP contribution in [0, 0.1) is 36.9 Å². The quantitative estimate of drug-likeness (QED) is 0.696. The third-order valence-electron chi connectivity index (χ3n) is 3.66. The number of hydrogen-bond acceptors (Lipinski definition) is 3. The summed E-state index contributed by atoms with van der Waals surface area (Å²) in [5.74, 6) is -3.19. The Hall–Kier alpha value is -2.94. The van der Waals surface area contributed by atoms with E-state index >= 15 is 0 Å². The van der Waals surface area contributed by atoms with Crippen LogP contribution >= 0.6 is 0 Å². The molecular weight excluding hydrogens is 297 g/mol. The maximum atomic E-state index is 12.9. The van der Waals surface area contributed by atoms with E-state index in [0.29, 0.717) is 16.9 Å². The highest BCUT2D eigenvalue weighted by molar-refractivity contribution is 6.15. The van der Waals surface area contributed by atoms with Crippen molar-refractivity contribution in [3.63, 3.8) is 0 Å². The SMILES string of the molecule is Cc1cc(C)n(C)c1C(=O)C(C#N)C(=O)Nc1ccc(F)cc1. The zero-order valence-corrected chi connectivity index (χ0v) is 13.1. The molecule has 0 bridgehead atoms. The predicted octanol–water partition coefficient (Wildman–Crippen LogP) is 2.74. The number of halogens is 1. The van der Waals surface area contributed by atoms with Crippen molar-refractivity contribution in [2.75, 3.05) is 5.32 Å². The number of benzene rings is 1. The fraction of sp³-hybridized carbons (Fsp3) is 0.235. The second-order valence-corrected chi connectivity index (χ2v) is 5.30. The van der Waals surface area contributed by atoms with Crippen LogP contribution in [-0.4, -0.2) is 16.3 Å². The fourth-order valence-electron chi connectivity index (χ4n) is 2.40. The Labute approximate surface area is 133 Å². The normalized spacial score (nSPS) is 11.6. The number of carbonyl (C=O) groups is 2. The monoisotopic (exact) mass is 313 g/mol. The molecule has 1 atom stereocenters. The first-order valence-corrected chi connectivity index (χ1v) is 6.98. The van der Waals surface area contributed by atoms with E-state index in [2.05, 4.69) is 5.32 Å². The maximum Gasteiger partial charge on any atom is 0.249 e. The molecule has 1 amide bonds. The third-order valence-corrected chi connectivity index (χ3v) is 3.66. The molecule has 1 N–H and O–H groups in total. The number of ketones is 1. The third kappa shape index (κ3) is 3.29. The van der Waals surface area contributed by atoms with Gasteiger partial charge in [-0.2, -0.15) is 5.26 Å². The van der Waals surface area contributed by atoms with Gasteiger partial charge in [0.05, 0.1) is 11.8 Å². The van der Waals surface area contributed by atoms with E-state index in [1.54, 1.807) is 24.6 Å². The zero-order valence-electron chi connectivity index (χ0n) is 13.1. The van der Waals surface area contributed by atoms with Crippen molar-refractivity contribution in [3.8, 4) is 6.07 Å². The molecule has 1 unspecified atom stereocenters. The molecule has 0 aliphatic rings. The molecule has 0 fully saturated rings. The molecule has 1 aromatic heterocycles. The van der Waals surface area contributed by atoms with Gasteiger partial charge in [-0.25, -0.2) is 4.39 Å². The van der Waals surface area contributed by atoms with Crippen molar-refractivity contribution in [2.45, 2.75) is 13.8 Å². The van der Waals surface area contributed by atoms with Crippen LogP contribution < -0.4 is 5.32 Å². The second kappa shape index (κ2) is 6.44. The van der Waals surface area contributed by atoms with Gasteiger partial charge in [-0.1, -0.05) is 0 Å². The molecule has 1 heterocycles. The molecule has 1 aromatic carbocycles. The Morgan fingerprint density at radius 2 is 1.87 bits per heavy atom. The van der Waals surface area contributed by atoms with Gasteiger partial charge in [0.1, 0.15) is 5.82 Å². The van der Waals surface area contributed by atoms with Crippen LogP contribution in [0.1, 0.15) is 21.7 Å². The first-order chi connectivity index (χ1) is 10.8. The number of aromatic nitrogens is 1. The molecule has 6 heteroatoms.